The smallest absolute Gasteiger partial charge is 0.204 e. The molecule has 0 saturated carbocycles. The second-order valence-corrected chi connectivity index (χ2v) is 4.54. The Balaban J connectivity index is 2.14. The third kappa shape index (κ3) is 2.15. The molecule has 0 aliphatic rings. The first-order chi connectivity index (χ1) is 9.67. The van der Waals surface area contributed by atoms with E-state index in [1.54, 1.807) is 36.4 Å². The van der Waals surface area contributed by atoms with Gasteiger partial charge in [0.2, 0.25) is 5.76 Å². The lowest BCUT2D eigenvalue weighted by Gasteiger charge is -2.08. The molecule has 2 aromatic carbocycles. The Morgan fingerprint density at radius 2 is 1.95 bits per heavy atom. The molecule has 0 aliphatic heterocycles. The normalized spacial score (nSPS) is 10.4. The molecule has 3 rings (SSSR count). The molecule has 0 unspecified atom stereocenters. The molecule has 20 heavy (non-hydrogen) atoms. The van der Waals surface area contributed by atoms with Crippen LogP contribution in [0.15, 0.2) is 46.9 Å². The second kappa shape index (κ2) is 4.80. The highest BCUT2D eigenvalue weighted by Crippen LogP contribution is 2.37. The van der Waals surface area contributed by atoms with E-state index in [0.717, 1.165) is 0 Å². The number of nitriles is 1. The van der Waals surface area contributed by atoms with Gasteiger partial charge in [-0.2, -0.15) is 5.26 Å². The number of nitrogens with zero attached hydrogens (tertiary/aromatic N) is 1. The first kappa shape index (κ1) is 12.4. The summed E-state index contributed by atoms with van der Waals surface area (Å²) in [4.78, 5) is 0. The number of aromatic hydroxyl groups is 1. The van der Waals surface area contributed by atoms with Crippen molar-refractivity contribution in [1.82, 2.24) is 0 Å². The Bertz CT molecular complexity index is 833. The summed E-state index contributed by atoms with van der Waals surface area (Å²) in [7, 11) is 0. The Morgan fingerprint density at radius 3 is 2.70 bits per heavy atom. The lowest BCUT2D eigenvalue weighted by Crippen LogP contribution is -1.85. The predicted molar refractivity (Wildman–Crippen MR) is 74.1 cm³/mol. The van der Waals surface area contributed by atoms with E-state index in [-0.39, 0.29) is 11.5 Å². The third-order valence-corrected chi connectivity index (χ3v) is 2.98. The van der Waals surface area contributed by atoms with Crippen molar-refractivity contribution in [2.24, 2.45) is 0 Å². The first-order valence-corrected chi connectivity index (χ1v) is 6.14. The van der Waals surface area contributed by atoms with E-state index >= 15 is 0 Å². The van der Waals surface area contributed by atoms with Gasteiger partial charge >= 0.3 is 0 Å². The summed E-state index contributed by atoms with van der Waals surface area (Å²) in [6, 6.07) is 13.3. The van der Waals surface area contributed by atoms with Gasteiger partial charge in [0.1, 0.15) is 17.4 Å². The Hall–Kier alpha value is -2.64. The Morgan fingerprint density at radius 1 is 1.15 bits per heavy atom. The standard InChI is InChI=1S/C15H8ClNO3/c16-9-5-14-11(7-10(8-17)19-14)15(6-9)20-13-4-2-1-3-12(13)18/h1-7,18H. The van der Waals surface area contributed by atoms with Crippen LogP contribution in [0.25, 0.3) is 11.0 Å². The summed E-state index contributed by atoms with van der Waals surface area (Å²) in [6.45, 7) is 0. The number of halogens is 1. The van der Waals surface area contributed by atoms with E-state index in [1.807, 2.05) is 6.07 Å². The molecule has 0 fully saturated rings. The lowest BCUT2D eigenvalue weighted by molar-refractivity contribution is 0.413. The van der Waals surface area contributed by atoms with Crippen LogP contribution in [0.5, 0.6) is 17.2 Å². The van der Waals surface area contributed by atoms with E-state index in [2.05, 4.69) is 0 Å². The molecule has 0 amide bonds. The van der Waals surface area contributed by atoms with Crippen LogP contribution in [-0.4, -0.2) is 5.11 Å². The summed E-state index contributed by atoms with van der Waals surface area (Å²) < 4.78 is 11.0. The van der Waals surface area contributed by atoms with Gasteiger partial charge in [0, 0.05) is 23.2 Å². The molecule has 1 aromatic heterocycles. The summed E-state index contributed by atoms with van der Waals surface area (Å²) in [5.74, 6) is 0.907. The first-order valence-electron chi connectivity index (χ1n) is 5.76. The number of para-hydroxylation sites is 2. The predicted octanol–water partition coefficient (Wildman–Crippen LogP) is 4.46. The highest BCUT2D eigenvalue weighted by atomic mass is 35.5. The lowest BCUT2D eigenvalue weighted by atomic mass is 10.2. The molecule has 5 heteroatoms. The van der Waals surface area contributed by atoms with Gasteiger partial charge in [-0.3, -0.25) is 0 Å². The van der Waals surface area contributed by atoms with E-state index in [9.17, 15) is 5.11 Å². The fourth-order valence-electron chi connectivity index (χ4n) is 1.88. The molecule has 0 spiro atoms. The molecular formula is C15H8ClNO3. The van der Waals surface area contributed by atoms with Gasteiger partial charge < -0.3 is 14.3 Å². The number of rotatable bonds is 2. The summed E-state index contributed by atoms with van der Waals surface area (Å²) in [5.41, 5.74) is 0.458. The van der Waals surface area contributed by atoms with E-state index in [4.69, 9.17) is 26.0 Å². The van der Waals surface area contributed by atoms with Crippen molar-refractivity contribution in [1.29, 1.82) is 5.26 Å². The summed E-state index contributed by atoms with van der Waals surface area (Å²) >= 11 is 6.00. The molecule has 1 heterocycles. The van der Waals surface area contributed by atoms with Crippen LogP contribution in [0.1, 0.15) is 5.76 Å². The molecule has 3 aromatic rings. The monoisotopic (exact) mass is 285 g/mol. The quantitative estimate of drug-likeness (QED) is 0.755. The fraction of sp³-hybridized carbons (Fsp3) is 0. The number of phenolic OH excluding ortho intramolecular Hbond substituents is 1. The minimum Gasteiger partial charge on any atom is -0.504 e. The largest absolute Gasteiger partial charge is 0.504 e. The molecule has 0 aliphatic carbocycles. The van der Waals surface area contributed by atoms with E-state index in [0.29, 0.717) is 27.5 Å². The number of hydrogen-bond acceptors (Lipinski definition) is 4. The van der Waals surface area contributed by atoms with Crippen LogP contribution < -0.4 is 4.74 Å². The number of benzene rings is 2. The molecule has 4 nitrogen and oxygen atoms in total. The molecular weight excluding hydrogens is 278 g/mol. The zero-order chi connectivity index (χ0) is 14.1. The maximum Gasteiger partial charge on any atom is 0.204 e. The summed E-state index contributed by atoms with van der Waals surface area (Å²) in [5, 5.41) is 19.6. The van der Waals surface area contributed by atoms with E-state index in [1.165, 1.54) is 6.07 Å². The molecule has 0 atom stereocenters. The average molecular weight is 286 g/mol. The topological polar surface area (TPSA) is 66.4 Å². The van der Waals surface area contributed by atoms with Crippen molar-refractivity contribution in [3.63, 3.8) is 0 Å². The number of phenols is 1. The van der Waals surface area contributed by atoms with Gasteiger partial charge in [0.25, 0.3) is 0 Å². The maximum absolute atomic E-state index is 9.73. The average Bonchev–Trinajstić information content (AvgIpc) is 2.84. The minimum absolute atomic E-state index is 0.0182. The molecule has 1 N–H and O–H groups in total. The van der Waals surface area contributed by atoms with Crippen LogP contribution >= 0.6 is 11.6 Å². The van der Waals surface area contributed by atoms with Gasteiger partial charge in [-0.25, -0.2) is 0 Å². The summed E-state index contributed by atoms with van der Waals surface area (Å²) in [6.07, 6.45) is 0. The van der Waals surface area contributed by atoms with Gasteiger partial charge in [-0.15, -0.1) is 0 Å². The highest BCUT2D eigenvalue weighted by molar-refractivity contribution is 6.31. The van der Waals surface area contributed by atoms with Crippen LogP contribution in [-0.2, 0) is 0 Å². The fourth-order valence-corrected chi connectivity index (χ4v) is 2.07. The number of hydrogen-bond donors (Lipinski definition) is 1. The number of ether oxygens (including phenoxy) is 1. The SMILES string of the molecule is N#Cc1cc2c(Oc3ccccc3O)cc(Cl)cc2o1. The van der Waals surface area contributed by atoms with Gasteiger partial charge in [0.15, 0.2) is 11.5 Å². The molecule has 0 bridgehead atoms. The minimum atomic E-state index is 0.0182. The zero-order valence-corrected chi connectivity index (χ0v) is 10.9. The van der Waals surface area contributed by atoms with Crippen LogP contribution in [0.4, 0.5) is 0 Å². The van der Waals surface area contributed by atoms with Gasteiger partial charge in [-0.05, 0) is 12.1 Å². The molecule has 0 radical (unpaired) electrons. The van der Waals surface area contributed by atoms with Crippen molar-refractivity contribution < 1.29 is 14.3 Å². The van der Waals surface area contributed by atoms with Crippen LogP contribution in [0.3, 0.4) is 0 Å². The van der Waals surface area contributed by atoms with Gasteiger partial charge in [-0.1, -0.05) is 23.7 Å². The Labute approximate surface area is 119 Å². The molecule has 98 valence electrons. The third-order valence-electron chi connectivity index (χ3n) is 2.76. The van der Waals surface area contributed by atoms with Crippen molar-refractivity contribution in [2.75, 3.05) is 0 Å². The van der Waals surface area contributed by atoms with Crippen molar-refractivity contribution >= 4 is 22.6 Å². The van der Waals surface area contributed by atoms with Gasteiger partial charge in [0.05, 0.1) is 5.39 Å². The Kier molecular flexibility index (Phi) is 2.97. The second-order valence-electron chi connectivity index (χ2n) is 4.11. The van der Waals surface area contributed by atoms with E-state index < -0.39 is 0 Å². The van der Waals surface area contributed by atoms with Crippen molar-refractivity contribution in [2.45, 2.75) is 0 Å². The van der Waals surface area contributed by atoms with Crippen molar-refractivity contribution in [3.8, 4) is 23.3 Å². The van der Waals surface area contributed by atoms with Crippen molar-refractivity contribution in [3.05, 3.63) is 53.2 Å². The number of fused-ring (bicyclic) bond motifs is 1. The molecule has 0 saturated heterocycles. The maximum atomic E-state index is 9.73. The number of furan rings is 1. The van der Waals surface area contributed by atoms with Crippen LogP contribution in [0.2, 0.25) is 5.02 Å². The zero-order valence-electron chi connectivity index (χ0n) is 10.1. The van der Waals surface area contributed by atoms with Crippen LogP contribution in [0, 0.1) is 11.3 Å². The highest BCUT2D eigenvalue weighted by Gasteiger charge is 2.12.